The Balaban J connectivity index is 0.941. The van der Waals surface area contributed by atoms with Crippen molar-refractivity contribution in [3.8, 4) is 11.1 Å². The number of carboxylic acid groups (broad SMARTS) is 1. The Morgan fingerprint density at radius 1 is 0.946 bits per heavy atom. The van der Waals surface area contributed by atoms with Crippen LogP contribution in [0.2, 0.25) is 10.0 Å². The number of rotatable bonds is 11. The zero-order valence-corrected chi connectivity index (χ0v) is 33.1. The Bertz CT molecular complexity index is 2270. The summed E-state index contributed by atoms with van der Waals surface area (Å²) in [6.07, 6.45) is 10.0. The van der Waals surface area contributed by atoms with Crippen molar-refractivity contribution in [2.45, 2.75) is 70.6 Å². The number of fused-ring (bicyclic) bond motifs is 2. The molecule has 13 heteroatoms. The fraction of sp³-hybridized carbons (Fsp3) is 0.419. The maximum absolute atomic E-state index is 13.7. The summed E-state index contributed by atoms with van der Waals surface area (Å²) >= 11 is 14.1. The van der Waals surface area contributed by atoms with E-state index in [0.29, 0.717) is 52.5 Å². The molecule has 0 unspecified atom stereocenters. The Morgan fingerprint density at radius 3 is 2.50 bits per heavy atom. The lowest BCUT2D eigenvalue weighted by atomic mass is 9.80. The number of amides is 1. The lowest BCUT2D eigenvalue weighted by Crippen LogP contribution is -2.33. The van der Waals surface area contributed by atoms with Gasteiger partial charge in [-0.25, -0.2) is 4.98 Å². The van der Waals surface area contributed by atoms with Gasteiger partial charge in [0.2, 0.25) is 0 Å². The van der Waals surface area contributed by atoms with Crippen molar-refractivity contribution in [1.82, 2.24) is 29.3 Å². The first-order valence-electron chi connectivity index (χ1n) is 19.6. The number of pyridine rings is 2. The third-order valence-electron chi connectivity index (χ3n) is 11.9. The summed E-state index contributed by atoms with van der Waals surface area (Å²) in [6.45, 7) is 4.82. The molecule has 1 saturated heterocycles. The number of hydrogen-bond donors (Lipinski definition) is 3. The summed E-state index contributed by atoms with van der Waals surface area (Å²) < 4.78 is 1.89. The summed E-state index contributed by atoms with van der Waals surface area (Å²) in [5.74, 6) is -0.294. The average Bonchev–Trinajstić information content (AvgIpc) is 3.76. The first kappa shape index (κ1) is 38.5. The molecule has 0 bridgehead atoms. The van der Waals surface area contributed by atoms with Crippen molar-refractivity contribution in [2.24, 2.45) is 18.9 Å². The molecule has 0 radical (unpaired) electrons. The van der Waals surface area contributed by atoms with Crippen LogP contribution in [0.3, 0.4) is 0 Å². The maximum Gasteiger partial charge on any atom is 0.306 e. The van der Waals surface area contributed by atoms with Crippen LogP contribution in [0.1, 0.15) is 77.4 Å². The number of carboxylic acids is 1. The van der Waals surface area contributed by atoms with Crippen molar-refractivity contribution in [3.05, 3.63) is 105 Å². The van der Waals surface area contributed by atoms with E-state index in [-0.39, 0.29) is 17.9 Å². The number of benzene rings is 2. The quantitative estimate of drug-likeness (QED) is 0.125. The molecule has 5 heterocycles. The van der Waals surface area contributed by atoms with Gasteiger partial charge in [-0.05, 0) is 80.3 Å². The maximum atomic E-state index is 13.7. The minimum Gasteiger partial charge on any atom is -0.481 e. The number of carbonyl (C=O) groups is 2. The highest BCUT2D eigenvalue weighted by molar-refractivity contribution is 6.38. The van der Waals surface area contributed by atoms with Crippen molar-refractivity contribution >= 4 is 51.7 Å². The highest BCUT2D eigenvalue weighted by atomic mass is 35.5. The van der Waals surface area contributed by atoms with Gasteiger partial charge in [0.15, 0.2) is 5.82 Å². The molecule has 2 aliphatic heterocycles. The van der Waals surface area contributed by atoms with Gasteiger partial charge in [0.25, 0.3) is 5.91 Å². The molecule has 292 valence electrons. The molecule has 2 aromatic carbocycles. The molecule has 1 aliphatic carbocycles. The molecule has 3 aromatic heterocycles. The topological polar surface area (TPSA) is 137 Å². The third kappa shape index (κ3) is 8.19. The predicted molar refractivity (Wildman–Crippen MR) is 218 cm³/mol. The Hall–Kier alpha value is -4.39. The molecule has 5 aromatic rings. The molecule has 1 amide bonds. The number of likely N-dealkylation sites (tertiary alicyclic amines) is 1. The van der Waals surface area contributed by atoms with Gasteiger partial charge < -0.3 is 20.1 Å². The van der Waals surface area contributed by atoms with E-state index >= 15 is 0 Å². The van der Waals surface area contributed by atoms with Gasteiger partial charge in [-0.3, -0.25) is 29.4 Å². The fourth-order valence-corrected chi connectivity index (χ4v) is 9.32. The van der Waals surface area contributed by atoms with E-state index in [0.717, 1.165) is 116 Å². The fourth-order valence-electron chi connectivity index (χ4n) is 8.75. The van der Waals surface area contributed by atoms with E-state index in [1.165, 1.54) is 0 Å². The van der Waals surface area contributed by atoms with Gasteiger partial charge in [0.05, 0.1) is 44.7 Å². The van der Waals surface area contributed by atoms with Gasteiger partial charge >= 0.3 is 5.97 Å². The molecule has 3 N–H and O–H groups in total. The van der Waals surface area contributed by atoms with Gasteiger partial charge in [0.1, 0.15) is 0 Å². The van der Waals surface area contributed by atoms with Crippen molar-refractivity contribution < 1.29 is 19.8 Å². The lowest BCUT2D eigenvalue weighted by molar-refractivity contribution is -0.143. The summed E-state index contributed by atoms with van der Waals surface area (Å²) in [4.78, 5) is 44.0. The van der Waals surface area contributed by atoms with Gasteiger partial charge in [0, 0.05) is 87.2 Å². The van der Waals surface area contributed by atoms with Gasteiger partial charge in [-0.1, -0.05) is 53.5 Å². The summed E-state index contributed by atoms with van der Waals surface area (Å²) in [5.41, 5.74) is 7.51. The van der Waals surface area contributed by atoms with Crippen molar-refractivity contribution in [2.75, 3.05) is 31.5 Å². The van der Waals surface area contributed by atoms with Crippen LogP contribution < -0.4 is 5.32 Å². The van der Waals surface area contributed by atoms with Gasteiger partial charge in [-0.2, -0.15) is 0 Å². The summed E-state index contributed by atoms with van der Waals surface area (Å²) in [6, 6.07) is 15.5. The first-order chi connectivity index (χ1) is 27.1. The number of anilines is 1. The molecule has 3 aliphatic rings. The van der Waals surface area contributed by atoms with E-state index in [1.807, 2.05) is 54.2 Å². The second-order valence-corrected chi connectivity index (χ2v) is 16.4. The van der Waals surface area contributed by atoms with Crippen LogP contribution >= 0.6 is 23.2 Å². The molecular weight excluding hydrogens is 749 g/mol. The van der Waals surface area contributed by atoms with Crippen molar-refractivity contribution in [3.63, 3.8) is 0 Å². The molecule has 56 heavy (non-hydrogen) atoms. The number of halogens is 2. The number of β-amino-alcohol motifs (C(OH)–C–C–N with tert-alkyl or cyclic N) is 1. The van der Waals surface area contributed by atoms with E-state index < -0.39 is 5.97 Å². The van der Waals surface area contributed by atoms with Crippen LogP contribution in [0.15, 0.2) is 60.9 Å². The van der Waals surface area contributed by atoms with Crippen LogP contribution in [0, 0.1) is 11.8 Å². The highest BCUT2D eigenvalue weighted by Crippen LogP contribution is 2.40. The van der Waals surface area contributed by atoms with Crippen LogP contribution in [-0.4, -0.2) is 83.7 Å². The van der Waals surface area contributed by atoms with E-state index in [9.17, 15) is 19.8 Å². The number of aromatic nitrogens is 4. The summed E-state index contributed by atoms with van der Waals surface area (Å²) in [7, 11) is 1.89. The van der Waals surface area contributed by atoms with Crippen molar-refractivity contribution in [1.29, 1.82) is 0 Å². The normalized spacial score (nSPS) is 20.3. The second-order valence-electron chi connectivity index (χ2n) is 15.7. The molecular formula is C43H47Cl2N7O4. The number of hydrogen-bond acceptors (Lipinski definition) is 8. The largest absolute Gasteiger partial charge is 0.481 e. The molecule has 0 spiro atoms. The Labute approximate surface area is 336 Å². The third-order valence-corrected chi connectivity index (χ3v) is 12.8. The average molecular weight is 797 g/mol. The number of nitrogens with one attached hydrogen (secondary N) is 1. The molecule has 11 nitrogen and oxygen atoms in total. The number of imidazole rings is 1. The van der Waals surface area contributed by atoms with E-state index in [4.69, 9.17) is 33.2 Å². The second kappa shape index (κ2) is 16.6. The first-order valence-corrected chi connectivity index (χ1v) is 20.4. The number of nitrogens with zero attached hydrogens (tertiary/aromatic N) is 6. The lowest BCUT2D eigenvalue weighted by Gasteiger charge is -2.30. The number of carbonyl (C=O) groups excluding carboxylic acids is 1. The van der Waals surface area contributed by atoms with Gasteiger partial charge in [-0.15, -0.1) is 0 Å². The van der Waals surface area contributed by atoms with E-state index in [2.05, 4.69) is 26.2 Å². The number of aliphatic carboxylic acids is 1. The smallest absolute Gasteiger partial charge is 0.306 e. The Morgan fingerprint density at radius 2 is 1.73 bits per heavy atom. The monoisotopic (exact) mass is 795 g/mol. The van der Waals surface area contributed by atoms with Crippen LogP contribution in [0.4, 0.5) is 5.69 Å². The SMILES string of the molecule is Cn1c(C(=O)Nc2cccc(-c3cccc(Cc4nccc5cc(CN6CC[C@@H](O)C6)cnc45)c3Cl)c2Cl)nc2c1CCN(CCC1CCC(C(=O)O)CC1)C2. The molecule has 2 fully saturated rings. The molecule has 1 saturated carbocycles. The van der Waals surface area contributed by atoms with Crippen LogP contribution in [-0.2, 0) is 37.8 Å². The number of aliphatic hydroxyl groups excluding tert-OH is 1. The van der Waals surface area contributed by atoms with Crippen LogP contribution in [0.5, 0.6) is 0 Å². The zero-order valence-electron chi connectivity index (χ0n) is 31.6. The zero-order chi connectivity index (χ0) is 38.9. The summed E-state index contributed by atoms with van der Waals surface area (Å²) in [5, 5.41) is 24.2. The number of aliphatic hydroxyl groups is 1. The minimum atomic E-state index is -0.665. The standard InChI is InChI=1S/C43H47Cl2N7O4/c1-50-37-15-19-51(17-13-26-8-10-28(11-9-26)43(55)56)25-36(37)48-41(50)42(54)49-34-7-3-6-33(39(34)45)32-5-2-4-29(38(32)44)21-35-40-30(12-16-46-35)20-27(22-47-40)23-52-18-14-31(53)24-52/h2-7,12,16,20,22,26,28,31,53H,8-11,13-15,17-19,21,23-25H2,1H3,(H,49,54)(H,55,56)/t26?,28?,31-/m1/s1. The molecule has 1 atom stereocenters. The highest BCUT2D eigenvalue weighted by Gasteiger charge is 2.29. The molecule has 8 rings (SSSR count). The minimum absolute atomic E-state index is 0.191. The van der Waals surface area contributed by atoms with Crippen LogP contribution in [0.25, 0.3) is 22.0 Å². The Kier molecular flexibility index (Phi) is 11.4. The van der Waals surface area contributed by atoms with E-state index in [1.54, 1.807) is 12.3 Å². The predicted octanol–water partition coefficient (Wildman–Crippen LogP) is 7.39.